The molecule has 0 aromatic carbocycles. The molecular weight excluding hydrogens is 242 g/mol. The van der Waals surface area contributed by atoms with Crippen molar-refractivity contribution in [3.8, 4) is 0 Å². The molecule has 0 saturated heterocycles. The SMILES string of the molecule is CNC(C)(CC(C)n1ccnc1C(C)C)C(=O)OC. The van der Waals surface area contributed by atoms with E-state index in [1.54, 1.807) is 13.2 Å². The predicted molar refractivity (Wildman–Crippen MR) is 75.1 cm³/mol. The Balaban J connectivity index is 2.91. The zero-order valence-corrected chi connectivity index (χ0v) is 12.7. The zero-order chi connectivity index (χ0) is 14.6. The lowest BCUT2D eigenvalue weighted by Crippen LogP contribution is -2.49. The number of hydrogen-bond acceptors (Lipinski definition) is 4. The molecular formula is C14H25N3O2. The van der Waals surface area contributed by atoms with E-state index in [0.717, 1.165) is 5.82 Å². The number of carbonyl (C=O) groups excluding carboxylic acids is 1. The molecule has 2 atom stereocenters. The summed E-state index contributed by atoms with van der Waals surface area (Å²) in [5, 5.41) is 3.06. The van der Waals surface area contributed by atoms with Crippen molar-refractivity contribution in [2.45, 2.75) is 51.6 Å². The highest BCUT2D eigenvalue weighted by molar-refractivity contribution is 5.80. The predicted octanol–water partition coefficient (Wildman–Crippen LogP) is 2.11. The van der Waals surface area contributed by atoms with Gasteiger partial charge in [-0.1, -0.05) is 13.8 Å². The van der Waals surface area contributed by atoms with Gasteiger partial charge in [0.2, 0.25) is 0 Å². The minimum absolute atomic E-state index is 0.163. The van der Waals surface area contributed by atoms with E-state index in [2.05, 4.69) is 35.6 Å². The molecule has 0 spiro atoms. The molecule has 1 aromatic rings. The fourth-order valence-corrected chi connectivity index (χ4v) is 2.35. The van der Waals surface area contributed by atoms with Gasteiger partial charge in [-0.2, -0.15) is 0 Å². The van der Waals surface area contributed by atoms with Gasteiger partial charge in [0.05, 0.1) is 7.11 Å². The first-order valence-electron chi connectivity index (χ1n) is 6.65. The van der Waals surface area contributed by atoms with E-state index in [0.29, 0.717) is 12.3 Å². The van der Waals surface area contributed by atoms with Gasteiger partial charge in [-0.05, 0) is 27.3 Å². The number of methoxy groups -OCH3 is 1. The summed E-state index contributed by atoms with van der Waals surface area (Å²) in [5.74, 6) is 1.15. The molecule has 0 radical (unpaired) electrons. The lowest BCUT2D eigenvalue weighted by Gasteiger charge is -2.30. The molecule has 0 aliphatic rings. The molecule has 0 bridgehead atoms. The van der Waals surface area contributed by atoms with Crippen LogP contribution in [-0.4, -0.2) is 35.2 Å². The Bertz CT molecular complexity index is 428. The molecule has 0 aliphatic carbocycles. The Morgan fingerprint density at radius 3 is 2.63 bits per heavy atom. The molecule has 0 aliphatic heterocycles. The highest BCUT2D eigenvalue weighted by Crippen LogP contribution is 2.25. The van der Waals surface area contributed by atoms with E-state index in [1.165, 1.54) is 7.11 Å². The van der Waals surface area contributed by atoms with E-state index in [-0.39, 0.29) is 12.0 Å². The van der Waals surface area contributed by atoms with Crippen LogP contribution in [0, 0.1) is 0 Å². The molecule has 1 heterocycles. The molecule has 19 heavy (non-hydrogen) atoms. The van der Waals surface area contributed by atoms with E-state index < -0.39 is 5.54 Å². The Morgan fingerprint density at radius 2 is 2.16 bits per heavy atom. The van der Waals surface area contributed by atoms with Crippen LogP contribution in [0.2, 0.25) is 0 Å². The van der Waals surface area contributed by atoms with Crippen molar-refractivity contribution in [3.63, 3.8) is 0 Å². The topological polar surface area (TPSA) is 56.2 Å². The number of ether oxygens (including phenoxy) is 1. The lowest BCUT2D eigenvalue weighted by atomic mass is 9.93. The van der Waals surface area contributed by atoms with Crippen LogP contribution in [0.15, 0.2) is 12.4 Å². The molecule has 0 fully saturated rings. The highest BCUT2D eigenvalue weighted by atomic mass is 16.5. The lowest BCUT2D eigenvalue weighted by molar-refractivity contribution is -0.148. The Morgan fingerprint density at radius 1 is 1.53 bits per heavy atom. The number of imidazole rings is 1. The average molecular weight is 267 g/mol. The largest absolute Gasteiger partial charge is 0.468 e. The van der Waals surface area contributed by atoms with E-state index >= 15 is 0 Å². The molecule has 2 unspecified atom stereocenters. The van der Waals surface area contributed by atoms with Gasteiger partial charge in [0.1, 0.15) is 11.4 Å². The molecule has 0 saturated carbocycles. The number of esters is 1. The van der Waals surface area contributed by atoms with Gasteiger partial charge in [-0.3, -0.25) is 4.79 Å². The van der Waals surface area contributed by atoms with Crippen molar-refractivity contribution < 1.29 is 9.53 Å². The maximum atomic E-state index is 11.9. The van der Waals surface area contributed by atoms with E-state index in [1.807, 2.05) is 13.1 Å². The summed E-state index contributed by atoms with van der Waals surface area (Å²) in [6, 6.07) is 0.163. The van der Waals surface area contributed by atoms with Gasteiger partial charge >= 0.3 is 5.97 Å². The number of aromatic nitrogens is 2. The van der Waals surface area contributed by atoms with Gasteiger partial charge in [0, 0.05) is 24.4 Å². The summed E-state index contributed by atoms with van der Waals surface area (Å²) in [6.45, 7) is 8.18. The second kappa shape index (κ2) is 6.19. The number of hydrogen-bond donors (Lipinski definition) is 1. The van der Waals surface area contributed by atoms with Crippen molar-refractivity contribution in [3.05, 3.63) is 18.2 Å². The maximum Gasteiger partial charge on any atom is 0.325 e. The summed E-state index contributed by atoms with van der Waals surface area (Å²) in [5.41, 5.74) is -0.688. The van der Waals surface area contributed by atoms with Gasteiger partial charge in [0.15, 0.2) is 0 Å². The molecule has 1 rings (SSSR count). The van der Waals surface area contributed by atoms with Crippen molar-refractivity contribution in [1.82, 2.24) is 14.9 Å². The average Bonchev–Trinajstić information content (AvgIpc) is 2.86. The molecule has 0 amide bonds. The fraction of sp³-hybridized carbons (Fsp3) is 0.714. The number of rotatable bonds is 6. The number of likely N-dealkylation sites (N-methyl/N-ethyl adjacent to an activating group) is 1. The third-order valence-corrected chi connectivity index (χ3v) is 3.58. The van der Waals surface area contributed by atoms with Crippen molar-refractivity contribution >= 4 is 5.97 Å². The normalized spacial score (nSPS) is 16.2. The van der Waals surface area contributed by atoms with Crippen LogP contribution in [-0.2, 0) is 9.53 Å². The zero-order valence-electron chi connectivity index (χ0n) is 12.7. The molecule has 5 heteroatoms. The molecule has 1 N–H and O–H groups in total. The van der Waals surface area contributed by atoms with E-state index in [9.17, 15) is 4.79 Å². The summed E-state index contributed by atoms with van der Waals surface area (Å²) >= 11 is 0. The highest BCUT2D eigenvalue weighted by Gasteiger charge is 2.35. The molecule has 108 valence electrons. The Labute approximate surface area is 115 Å². The van der Waals surface area contributed by atoms with Crippen LogP contribution in [0.4, 0.5) is 0 Å². The third-order valence-electron chi connectivity index (χ3n) is 3.58. The smallest absolute Gasteiger partial charge is 0.325 e. The second-order valence-electron chi connectivity index (χ2n) is 5.47. The number of carbonyl (C=O) groups is 1. The van der Waals surface area contributed by atoms with Gasteiger partial charge in [-0.25, -0.2) is 4.98 Å². The van der Waals surface area contributed by atoms with Crippen molar-refractivity contribution in [2.75, 3.05) is 14.2 Å². The minimum atomic E-state index is -0.688. The van der Waals surface area contributed by atoms with E-state index in [4.69, 9.17) is 4.74 Å². The van der Waals surface area contributed by atoms with Gasteiger partial charge in [0.25, 0.3) is 0 Å². The van der Waals surface area contributed by atoms with Crippen LogP contribution in [0.5, 0.6) is 0 Å². The summed E-state index contributed by atoms with van der Waals surface area (Å²) in [4.78, 5) is 16.3. The fourth-order valence-electron chi connectivity index (χ4n) is 2.35. The van der Waals surface area contributed by atoms with Crippen LogP contribution < -0.4 is 5.32 Å². The first-order valence-corrected chi connectivity index (χ1v) is 6.65. The van der Waals surface area contributed by atoms with Crippen molar-refractivity contribution in [1.29, 1.82) is 0 Å². The second-order valence-corrected chi connectivity index (χ2v) is 5.47. The first kappa shape index (κ1) is 15.7. The maximum absolute atomic E-state index is 11.9. The van der Waals surface area contributed by atoms with Gasteiger partial charge in [-0.15, -0.1) is 0 Å². The first-order chi connectivity index (χ1) is 8.85. The van der Waals surface area contributed by atoms with Crippen LogP contribution in [0.3, 0.4) is 0 Å². The van der Waals surface area contributed by atoms with Gasteiger partial charge < -0.3 is 14.6 Å². The monoisotopic (exact) mass is 267 g/mol. The quantitative estimate of drug-likeness (QED) is 0.802. The van der Waals surface area contributed by atoms with Crippen LogP contribution >= 0.6 is 0 Å². The molecule has 1 aromatic heterocycles. The molecule has 5 nitrogen and oxygen atoms in total. The van der Waals surface area contributed by atoms with Crippen LogP contribution in [0.25, 0.3) is 0 Å². The number of nitrogens with one attached hydrogen (secondary N) is 1. The number of nitrogens with zero attached hydrogens (tertiary/aromatic N) is 2. The summed E-state index contributed by atoms with van der Waals surface area (Å²) < 4.78 is 7.00. The third kappa shape index (κ3) is 3.35. The van der Waals surface area contributed by atoms with Crippen LogP contribution in [0.1, 0.15) is 51.9 Å². The Kier molecular flexibility index (Phi) is 5.11. The summed E-state index contributed by atoms with van der Waals surface area (Å²) in [7, 11) is 3.19. The summed E-state index contributed by atoms with van der Waals surface area (Å²) in [6.07, 6.45) is 4.42. The Hall–Kier alpha value is -1.36. The van der Waals surface area contributed by atoms with Crippen molar-refractivity contribution in [2.24, 2.45) is 0 Å². The standard InChI is InChI=1S/C14H25N3O2/c1-10(2)12-16-7-8-17(12)11(3)9-14(4,15-5)13(18)19-6/h7-8,10-11,15H,9H2,1-6H3. The minimum Gasteiger partial charge on any atom is -0.468 e.